The minimum absolute atomic E-state index is 0.0813. The third-order valence-electron chi connectivity index (χ3n) is 1.57. The summed E-state index contributed by atoms with van der Waals surface area (Å²) in [5, 5.41) is 13.0. The van der Waals surface area contributed by atoms with Crippen LogP contribution in [0.25, 0.3) is 0 Å². The summed E-state index contributed by atoms with van der Waals surface area (Å²) in [5.74, 6) is 0. The average molecular weight is 252 g/mol. The third kappa shape index (κ3) is 1.17. The Morgan fingerprint density at radius 3 is 2.50 bits per heavy atom. The van der Waals surface area contributed by atoms with Crippen molar-refractivity contribution < 1.29 is 5.11 Å². The molecule has 0 amide bonds. The van der Waals surface area contributed by atoms with Gasteiger partial charge in [0.05, 0.1) is 6.61 Å². The van der Waals surface area contributed by atoms with Crippen molar-refractivity contribution in [2.75, 3.05) is 0 Å². The predicted molar refractivity (Wildman–Crippen MR) is 46.6 cm³/mol. The molecule has 0 radical (unpaired) electrons. The van der Waals surface area contributed by atoms with Crippen molar-refractivity contribution in [3.8, 4) is 0 Å². The lowest BCUT2D eigenvalue weighted by Gasteiger charge is -1.93. The molecule has 56 valence electrons. The predicted octanol–water partition coefficient (Wildman–Crippen LogP) is 0.825. The molecule has 10 heavy (non-hydrogen) atoms. The van der Waals surface area contributed by atoms with Crippen LogP contribution in [0.2, 0.25) is 0 Å². The smallest absolute Gasteiger partial charge is 0.129 e. The molecule has 1 rings (SSSR count). The molecule has 0 unspecified atom stereocenters. The fourth-order valence-corrected chi connectivity index (χ4v) is 1.68. The minimum atomic E-state index is 0.0813. The molecule has 0 saturated heterocycles. The molecule has 1 heterocycles. The molecule has 1 N–H and O–H groups in total. The van der Waals surface area contributed by atoms with Gasteiger partial charge in [0.2, 0.25) is 0 Å². The fraction of sp³-hybridized carbons (Fsp3) is 0.500. The number of nitrogens with zero attached hydrogens (tertiary/aromatic N) is 2. The van der Waals surface area contributed by atoms with Crippen LogP contribution >= 0.6 is 22.6 Å². The SMILES string of the molecule is Cc1c(CO)c(I)nn1C. The van der Waals surface area contributed by atoms with Crippen molar-refractivity contribution in [1.82, 2.24) is 9.78 Å². The highest BCUT2D eigenvalue weighted by Crippen LogP contribution is 2.13. The summed E-state index contributed by atoms with van der Waals surface area (Å²) >= 11 is 2.11. The largest absolute Gasteiger partial charge is 0.392 e. The van der Waals surface area contributed by atoms with E-state index in [0.29, 0.717) is 0 Å². The highest BCUT2D eigenvalue weighted by molar-refractivity contribution is 14.1. The van der Waals surface area contributed by atoms with Gasteiger partial charge in [0, 0.05) is 18.3 Å². The van der Waals surface area contributed by atoms with Gasteiger partial charge < -0.3 is 5.11 Å². The van der Waals surface area contributed by atoms with Crippen LogP contribution in [0.3, 0.4) is 0 Å². The zero-order chi connectivity index (χ0) is 7.72. The Morgan fingerprint density at radius 2 is 2.30 bits per heavy atom. The number of aliphatic hydroxyl groups is 1. The standard InChI is InChI=1S/C6H9IN2O/c1-4-5(3-10)6(7)8-9(4)2/h10H,3H2,1-2H3. The molecule has 0 aliphatic heterocycles. The minimum Gasteiger partial charge on any atom is -0.392 e. The summed E-state index contributed by atoms with van der Waals surface area (Å²) < 4.78 is 2.66. The number of aliphatic hydroxyl groups excluding tert-OH is 1. The van der Waals surface area contributed by atoms with Crippen molar-refractivity contribution in [2.24, 2.45) is 7.05 Å². The second kappa shape index (κ2) is 2.87. The van der Waals surface area contributed by atoms with E-state index in [9.17, 15) is 0 Å². The van der Waals surface area contributed by atoms with Gasteiger partial charge in [0.15, 0.2) is 0 Å². The Bertz CT molecular complexity index is 244. The van der Waals surface area contributed by atoms with E-state index in [1.807, 2.05) is 14.0 Å². The van der Waals surface area contributed by atoms with Crippen LogP contribution in [0.4, 0.5) is 0 Å². The first-order valence-electron chi connectivity index (χ1n) is 2.95. The van der Waals surface area contributed by atoms with E-state index < -0.39 is 0 Å². The van der Waals surface area contributed by atoms with Crippen molar-refractivity contribution in [2.45, 2.75) is 13.5 Å². The maximum absolute atomic E-state index is 8.85. The highest BCUT2D eigenvalue weighted by Gasteiger charge is 2.07. The summed E-state index contributed by atoms with van der Waals surface area (Å²) in [7, 11) is 1.87. The van der Waals surface area contributed by atoms with E-state index in [1.165, 1.54) is 0 Å². The molecule has 0 spiro atoms. The number of halogens is 1. The van der Waals surface area contributed by atoms with Gasteiger partial charge in [-0.1, -0.05) is 0 Å². The van der Waals surface area contributed by atoms with E-state index in [1.54, 1.807) is 4.68 Å². The Kier molecular flexibility index (Phi) is 2.30. The first kappa shape index (κ1) is 8.00. The molecule has 4 heteroatoms. The molecule has 0 aliphatic carbocycles. The van der Waals surface area contributed by atoms with Gasteiger partial charge >= 0.3 is 0 Å². The van der Waals surface area contributed by atoms with Gasteiger partial charge in [0.1, 0.15) is 3.70 Å². The topological polar surface area (TPSA) is 38.1 Å². The summed E-state index contributed by atoms with van der Waals surface area (Å²) in [6, 6.07) is 0. The molecule has 1 aromatic heterocycles. The third-order valence-corrected chi connectivity index (χ3v) is 2.43. The van der Waals surface area contributed by atoms with Gasteiger partial charge in [0.25, 0.3) is 0 Å². The van der Waals surface area contributed by atoms with E-state index >= 15 is 0 Å². The molecule has 0 bridgehead atoms. The zero-order valence-corrected chi connectivity index (χ0v) is 8.08. The van der Waals surface area contributed by atoms with Crippen molar-refractivity contribution in [3.63, 3.8) is 0 Å². The lowest BCUT2D eigenvalue weighted by atomic mass is 10.3. The monoisotopic (exact) mass is 252 g/mol. The maximum Gasteiger partial charge on any atom is 0.129 e. The maximum atomic E-state index is 8.85. The summed E-state index contributed by atoms with van der Waals surface area (Å²) in [4.78, 5) is 0. The summed E-state index contributed by atoms with van der Waals surface area (Å²) in [6.07, 6.45) is 0. The van der Waals surface area contributed by atoms with E-state index in [0.717, 1.165) is 15.0 Å². The molecule has 0 atom stereocenters. The quantitative estimate of drug-likeness (QED) is 0.751. The average Bonchev–Trinajstić information content (AvgIpc) is 2.09. The number of hydrogen-bond donors (Lipinski definition) is 1. The Morgan fingerprint density at radius 1 is 1.70 bits per heavy atom. The van der Waals surface area contributed by atoms with Crippen LogP contribution in [-0.4, -0.2) is 14.9 Å². The summed E-state index contributed by atoms with van der Waals surface area (Å²) in [6.45, 7) is 2.03. The summed E-state index contributed by atoms with van der Waals surface area (Å²) in [5.41, 5.74) is 1.97. The first-order valence-corrected chi connectivity index (χ1v) is 4.03. The zero-order valence-electron chi connectivity index (χ0n) is 5.93. The first-order chi connectivity index (χ1) is 4.66. The Hall–Kier alpha value is -0.100. The lowest BCUT2D eigenvalue weighted by Crippen LogP contribution is -1.93. The highest BCUT2D eigenvalue weighted by atomic mass is 127. The van der Waals surface area contributed by atoms with Crippen LogP contribution < -0.4 is 0 Å². The Balaban J connectivity index is 3.20. The molecule has 1 aromatic rings. The van der Waals surface area contributed by atoms with Crippen molar-refractivity contribution >= 4 is 22.6 Å². The second-order valence-corrected chi connectivity index (χ2v) is 3.16. The molecule has 0 saturated carbocycles. The molecule has 3 nitrogen and oxygen atoms in total. The van der Waals surface area contributed by atoms with E-state index in [2.05, 4.69) is 27.7 Å². The number of aryl methyl sites for hydroxylation is 1. The van der Waals surface area contributed by atoms with Crippen LogP contribution in [0.5, 0.6) is 0 Å². The van der Waals surface area contributed by atoms with E-state index in [4.69, 9.17) is 5.11 Å². The molecule has 0 fully saturated rings. The number of hydrogen-bond acceptors (Lipinski definition) is 2. The van der Waals surface area contributed by atoms with Gasteiger partial charge in [-0.3, -0.25) is 4.68 Å². The van der Waals surface area contributed by atoms with Gasteiger partial charge in [-0.05, 0) is 29.5 Å². The van der Waals surface area contributed by atoms with Crippen LogP contribution in [0, 0.1) is 10.6 Å². The second-order valence-electron chi connectivity index (χ2n) is 2.14. The van der Waals surface area contributed by atoms with Crippen LogP contribution in [0.1, 0.15) is 11.3 Å². The molecular weight excluding hydrogens is 243 g/mol. The van der Waals surface area contributed by atoms with Crippen LogP contribution in [0.15, 0.2) is 0 Å². The molecule has 0 aliphatic rings. The van der Waals surface area contributed by atoms with Crippen molar-refractivity contribution in [1.29, 1.82) is 0 Å². The number of aromatic nitrogens is 2. The van der Waals surface area contributed by atoms with Gasteiger partial charge in [-0.25, -0.2) is 0 Å². The Labute approximate surface area is 73.2 Å². The van der Waals surface area contributed by atoms with Crippen LogP contribution in [-0.2, 0) is 13.7 Å². The van der Waals surface area contributed by atoms with Crippen molar-refractivity contribution in [3.05, 3.63) is 15.0 Å². The lowest BCUT2D eigenvalue weighted by molar-refractivity contribution is 0.280. The fourth-order valence-electron chi connectivity index (χ4n) is 0.791. The van der Waals surface area contributed by atoms with Gasteiger partial charge in [-0.2, -0.15) is 5.10 Å². The molecular formula is C6H9IN2O. The molecule has 0 aromatic carbocycles. The van der Waals surface area contributed by atoms with E-state index in [-0.39, 0.29) is 6.61 Å². The van der Waals surface area contributed by atoms with Gasteiger partial charge in [-0.15, -0.1) is 0 Å². The normalized spacial score (nSPS) is 10.4. The number of rotatable bonds is 1.